The molecule has 0 spiro atoms. The van der Waals surface area contributed by atoms with Crippen LogP contribution in [0.2, 0.25) is 0 Å². The van der Waals surface area contributed by atoms with Crippen molar-refractivity contribution in [3.63, 3.8) is 0 Å². The molecule has 0 aromatic heterocycles. The Bertz CT molecular complexity index is 650. The molecule has 0 aliphatic heterocycles. The molecule has 3 nitrogen and oxygen atoms in total. The molecule has 1 aliphatic carbocycles. The Balaban J connectivity index is 1.97. The highest BCUT2D eigenvalue weighted by Gasteiger charge is 2.25. The van der Waals surface area contributed by atoms with E-state index in [0.717, 1.165) is 36.3 Å². The maximum atomic E-state index is 9.20. The van der Waals surface area contributed by atoms with E-state index in [0.29, 0.717) is 5.92 Å². The number of methoxy groups -OCH3 is 1. The van der Waals surface area contributed by atoms with Gasteiger partial charge in [0.25, 0.3) is 0 Å². The van der Waals surface area contributed by atoms with Gasteiger partial charge in [-0.25, -0.2) is 0 Å². The zero-order valence-electron chi connectivity index (χ0n) is 12.1. The van der Waals surface area contributed by atoms with E-state index in [1.165, 1.54) is 11.1 Å². The lowest BCUT2D eigenvalue weighted by molar-refractivity contribution is 0.317. The van der Waals surface area contributed by atoms with E-state index in [4.69, 9.17) is 4.74 Å². The summed E-state index contributed by atoms with van der Waals surface area (Å²) in [4.78, 5) is 0. The summed E-state index contributed by atoms with van der Waals surface area (Å²) in [6.07, 6.45) is 2.81. The van der Waals surface area contributed by atoms with Crippen molar-refractivity contribution < 1.29 is 9.94 Å². The van der Waals surface area contributed by atoms with Crippen LogP contribution in [0.15, 0.2) is 53.7 Å². The van der Waals surface area contributed by atoms with Crippen molar-refractivity contribution in [2.75, 3.05) is 7.11 Å². The van der Waals surface area contributed by atoms with E-state index in [1.807, 2.05) is 18.2 Å². The maximum Gasteiger partial charge on any atom is 0.119 e. The minimum absolute atomic E-state index is 0.433. The standard InChI is InChI=1S/C18H19NO2/c1-21-15-8-9-16-17(12-15)14(7-10-18(16)19-20)11-13-5-3-2-4-6-13/h2-6,8-9,12,14,20H,7,10-11H2,1H3/b19-18+. The second kappa shape index (κ2) is 6.00. The number of oxime groups is 1. The largest absolute Gasteiger partial charge is 0.497 e. The van der Waals surface area contributed by atoms with Gasteiger partial charge in [-0.2, -0.15) is 0 Å². The van der Waals surface area contributed by atoms with Gasteiger partial charge in [0, 0.05) is 5.56 Å². The number of hydrogen-bond acceptors (Lipinski definition) is 3. The second-order valence-corrected chi connectivity index (χ2v) is 5.43. The van der Waals surface area contributed by atoms with Crippen molar-refractivity contribution in [1.82, 2.24) is 0 Å². The highest BCUT2D eigenvalue weighted by atomic mass is 16.5. The quantitative estimate of drug-likeness (QED) is 0.682. The van der Waals surface area contributed by atoms with E-state index >= 15 is 0 Å². The summed E-state index contributed by atoms with van der Waals surface area (Å²) in [5.41, 5.74) is 4.38. The van der Waals surface area contributed by atoms with Crippen LogP contribution >= 0.6 is 0 Å². The third-order valence-corrected chi connectivity index (χ3v) is 4.18. The van der Waals surface area contributed by atoms with Crippen LogP contribution in [0.25, 0.3) is 0 Å². The van der Waals surface area contributed by atoms with Crippen molar-refractivity contribution in [3.05, 3.63) is 65.2 Å². The first-order valence-corrected chi connectivity index (χ1v) is 7.25. The van der Waals surface area contributed by atoms with Crippen molar-refractivity contribution in [1.29, 1.82) is 0 Å². The van der Waals surface area contributed by atoms with Crippen molar-refractivity contribution in [2.24, 2.45) is 5.16 Å². The Morgan fingerprint density at radius 3 is 2.71 bits per heavy atom. The van der Waals surface area contributed by atoms with E-state index in [-0.39, 0.29) is 0 Å². The minimum Gasteiger partial charge on any atom is -0.497 e. The van der Waals surface area contributed by atoms with Crippen molar-refractivity contribution >= 4 is 5.71 Å². The zero-order chi connectivity index (χ0) is 14.7. The molecule has 0 bridgehead atoms. The number of hydrogen-bond donors (Lipinski definition) is 1. The third-order valence-electron chi connectivity index (χ3n) is 4.18. The zero-order valence-corrected chi connectivity index (χ0v) is 12.1. The first-order valence-electron chi connectivity index (χ1n) is 7.25. The molecule has 21 heavy (non-hydrogen) atoms. The van der Waals surface area contributed by atoms with Crippen molar-refractivity contribution in [3.8, 4) is 5.75 Å². The molecule has 0 heterocycles. The summed E-state index contributed by atoms with van der Waals surface area (Å²) < 4.78 is 5.35. The van der Waals surface area contributed by atoms with E-state index in [9.17, 15) is 5.21 Å². The van der Waals surface area contributed by atoms with Crippen LogP contribution in [0.4, 0.5) is 0 Å². The lowest BCUT2D eigenvalue weighted by Gasteiger charge is -2.26. The average molecular weight is 281 g/mol. The average Bonchev–Trinajstić information content (AvgIpc) is 2.55. The summed E-state index contributed by atoms with van der Waals surface area (Å²) in [6.45, 7) is 0. The van der Waals surface area contributed by atoms with E-state index < -0.39 is 0 Å². The summed E-state index contributed by atoms with van der Waals surface area (Å²) in [6, 6.07) is 16.5. The molecule has 3 heteroatoms. The number of benzene rings is 2. The topological polar surface area (TPSA) is 41.8 Å². The fourth-order valence-corrected chi connectivity index (χ4v) is 3.08. The number of rotatable bonds is 3. The first kappa shape index (κ1) is 13.7. The second-order valence-electron chi connectivity index (χ2n) is 5.43. The predicted octanol–water partition coefficient (Wildman–Crippen LogP) is 3.99. The normalized spacial score (nSPS) is 19.3. The Morgan fingerprint density at radius 1 is 1.19 bits per heavy atom. The van der Waals surface area contributed by atoms with Gasteiger partial charge in [0.15, 0.2) is 0 Å². The Labute approximate surface area is 124 Å². The maximum absolute atomic E-state index is 9.20. The molecule has 0 fully saturated rings. The molecule has 0 saturated heterocycles. The van der Waals surface area contributed by atoms with Crippen LogP contribution in [0.3, 0.4) is 0 Å². The molecule has 2 aromatic carbocycles. The van der Waals surface area contributed by atoms with Crippen LogP contribution in [-0.2, 0) is 6.42 Å². The van der Waals surface area contributed by atoms with Gasteiger partial charge in [-0.3, -0.25) is 0 Å². The van der Waals surface area contributed by atoms with Crippen LogP contribution in [0.5, 0.6) is 5.75 Å². The summed E-state index contributed by atoms with van der Waals surface area (Å²) in [5, 5.41) is 12.7. The lowest BCUT2D eigenvalue weighted by atomic mass is 9.78. The Kier molecular flexibility index (Phi) is 3.91. The van der Waals surface area contributed by atoms with E-state index in [1.54, 1.807) is 7.11 Å². The van der Waals surface area contributed by atoms with Gasteiger partial charge in [-0.15, -0.1) is 0 Å². The van der Waals surface area contributed by atoms with Gasteiger partial charge < -0.3 is 9.94 Å². The molecule has 2 aromatic rings. The summed E-state index contributed by atoms with van der Waals surface area (Å²) in [5.74, 6) is 1.29. The van der Waals surface area contributed by atoms with Gasteiger partial charge in [-0.05, 0) is 54.5 Å². The van der Waals surface area contributed by atoms with Crippen LogP contribution in [-0.4, -0.2) is 18.0 Å². The van der Waals surface area contributed by atoms with E-state index in [2.05, 4.69) is 35.5 Å². The summed E-state index contributed by atoms with van der Waals surface area (Å²) >= 11 is 0. The summed E-state index contributed by atoms with van der Waals surface area (Å²) in [7, 11) is 1.68. The molecule has 0 radical (unpaired) electrons. The van der Waals surface area contributed by atoms with Gasteiger partial charge in [0.2, 0.25) is 0 Å². The first-order chi connectivity index (χ1) is 10.3. The van der Waals surface area contributed by atoms with Crippen molar-refractivity contribution in [2.45, 2.75) is 25.2 Å². The Morgan fingerprint density at radius 2 is 2.00 bits per heavy atom. The molecule has 1 N–H and O–H groups in total. The molecular formula is C18H19NO2. The lowest BCUT2D eigenvalue weighted by Crippen LogP contribution is -2.18. The van der Waals surface area contributed by atoms with Crippen LogP contribution in [0, 0.1) is 0 Å². The molecule has 108 valence electrons. The number of fused-ring (bicyclic) bond motifs is 1. The molecule has 0 saturated carbocycles. The predicted molar refractivity (Wildman–Crippen MR) is 83.4 cm³/mol. The monoisotopic (exact) mass is 281 g/mol. The fourth-order valence-electron chi connectivity index (χ4n) is 3.08. The van der Waals surface area contributed by atoms with Crippen LogP contribution in [0.1, 0.15) is 35.4 Å². The molecular weight excluding hydrogens is 262 g/mol. The SMILES string of the molecule is COc1ccc2c(c1)C(Cc1ccccc1)CC/C2=N\O. The smallest absolute Gasteiger partial charge is 0.119 e. The number of ether oxygens (including phenoxy) is 1. The van der Waals surface area contributed by atoms with Gasteiger partial charge in [-0.1, -0.05) is 35.5 Å². The molecule has 1 atom stereocenters. The van der Waals surface area contributed by atoms with Gasteiger partial charge in [0.1, 0.15) is 5.75 Å². The van der Waals surface area contributed by atoms with Crippen LogP contribution < -0.4 is 4.74 Å². The Hall–Kier alpha value is -2.29. The highest BCUT2D eigenvalue weighted by molar-refractivity contribution is 6.02. The number of nitrogens with zero attached hydrogens (tertiary/aromatic N) is 1. The minimum atomic E-state index is 0.433. The molecule has 1 unspecified atom stereocenters. The third kappa shape index (κ3) is 2.77. The molecule has 3 rings (SSSR count). The molecule has 0 amide bonds. The molecule has 1 aliphatic rings. The fraction of sp³-hybridized carbons (Fsp3) is 0.278. The van der Waals surface area contributed by atoms with Gasteiger partial charge in [0.05, 0.1) is 12.8 Å². The highest BCUT2D eigenvalue weighted by Crippen LogP contribution is 2.36. The van der Waals surface area contributed by atoms with Gasteiger partial charge >= 0.3 is 0 Å².